The Balaban J connectivity index is 2.27. The highest BCUT2D eigenvalue weighted by Crippen LogP contribution is 2.08. The van der Waals surface area contributed by atoms with Gasteiger partial charge >= 0.3 is 0 Å². The van der Waals surface area contributed by atoms with Gasteiger partial charge in [-0.2, -0.15) is 0 Å². The number of H-pyrrole nitrogens is 1. The van der Waals surface area contributed by atoms with Crippen LogP contribution in [0.25, 0.3) is 0 Å². The maximum atomic E-state index is 13.6. The van der Waals surface area contributed by atoms with E-state index in [1.165, 1.54) is 26.4 Å². The Labute approximate surface area is 237 Å². The molecule has 0 aliphatic heterocycles. The Kier molecular flexibility index (Phi) is 12.8. The number of aromatic amines is 1. The van der Waals surface area contributed by atoms with Gasteiger partial charge in [-0.1, -0.05) is 30.3 Å². The molecule has 4 atom stereocenters. The predicted molar refractivity (Wildman–Crippen MR) is 151 cm³/mol. The molecule has 2 aromatic rings. The van der Waals surface area contributed by atoms with Gasteiger partial charge in [0.1, 0.15) is 24.2 Å². The number of primary amides is 1. The summed E-state index contributed by atoms with van der Waals surface area (Å²) in [5.74, 6) is -3.21. The van der Waals surface area contributed by atoms with Gasteiger partial charge in [-0.3, -0.25) is 29.0 Å². The minimum absolute atomic E-state index is 0.0926. The Morgan fingerprint density at radius 3 is 2.05 bits per heavy atom. The lowest BCUT2D eigenvalue weighted by Crippen LogP contribution is -2.58. The smallest absolute Gasteiger partial charge is 0.243 e. The molecule has 1 heterocycles. The molecule has 0 bridgehead atoms. The number of nitrogens with zero attached hydrogens (tertiary/aromatic N) is 2. The third kappa shape index (κ3) is 11.8. The number of amides is 5. The first kappa shape index (κ1) is 32.3. The third-order valence-corrected chi connectivity index (χ3v) is 5.95. The standard InChI is InChI=1S/C26H38N10O5/c1-15(22(27)38)33-23(39)19(9-6-10-31-26(28)29)35-24(40)20(11-17-7-4-3-5-8-17)36-25(41)21(34-16(2)37)12-18-13-30-14-32-18/h3-5,7-8,13-15,19-21H,6,9-12H2,1-2H3,(H2,27,38)(H,30,32)(H,33,39)(H,34,37)(H,35,40)(H,36,41)(H4,28,29,31)/t15?,19-,20-,21-/m0/s1. The summed E-state index contributed by atoms with van der Waals surface area (Å²) in [6, 6.07) is 4.76. The van der Waals surface area contributed by atoms with Crippen LogP contribution in [0.2, 0.25) is 0 Å². The Hall–Kier alpha value is -4.95. The summed E-state index contributed by atoms with van der Waals surface area (Å²) in [5.41, 5.74) is 17.3. The number of hydrogen-bond acceptors (Lipinski definition) is 7. The van der Waals surface area contributed by atoms with Crippen molar-refractivity contribution in [1.29, 1.82) is 0 Å². The van der Waals surface area contributed by atoms with Crippen LogP contribution in [0.5, 0.6) is 0 Å². The van der Waals surface area contributed by atoms with Gasteiger partial charge in [0.05, 0.1) is 6.33 Å². The highest BCUT2D eigenvalue weighted by atomic mass is 16.2. The monoisotopic (exact) mass is 570 g/mol. The average Bonchev–Trinajstić information content (AvgIpc) is 3.42. The van der Waals surface area contributed by atoms with Crippen LogP contribution in [-0.2, 0) is 36.8 Å². The second-order valence-electron chi connectivity index (χ2n) is 9.43. The van der Waals surface area contributed by atoms with Crippen LogP contribution in [-0.4, -0.2) is 76.2 Å². The second kappa shape index (κ2) is 16.2. The van der Waals surface area contributed by atoms with Gasteiger partial charge in [0.25, 0.3) is 0 Å². The van der Waals surface area contributed by atoms with Gasteiger partial charge in [0, 0.05) is 38.2 Å². The summed E-state index contributed by atoms with van der Waals surface area (Å²) in [7, 11) is 0. The van der Waals surface area contributed by atoms with Crippen molar-refractivity contribution in [3.63, 3.8) is 0 Å². The van der Waals surface area contributed by atoms with Crippen LogP contribution in [0.4, 0.5) is 0 Å². The van der Waals surface area contributed by atoms with Crippen molar-refractivity contribution in [2.24, 2.45) is 22.2 Å². The molecule has 0 saturated heterocycles. The molecule has 15 nitrogen and oxygen atoms in total. The number of nitrogens with one attached hydrogen (secondary N) is 5. The van der Waals surface area contributed by atoms with Crippen molar-refractivity contribution in [1.82, 2.24) is 31.2 Å². The van der Waals surface area contributed by atoms with Crippen LogP contribution < -0.4 is 38.5 Å². The zero-order chi connectivity index (χ0) is 30.4. The highest BCUT2D eigenvalue weighted by Gasteiger charge is 2.30. The Bertz CT molecular complexity index is 1200. The topological polar surface area (TPSA) is 253 Å². The summed E-state index contributed by atoms with van der Waals surface area (Å²) in [6.07, 6.45) is 3.61. The molecule has 41 heavy (non-hydrogen) atoms. The molecule has 5 amide bonds. The predicted octanol–water partition coefficient (Wildman–Crippen LogP) is -2.29. The fourth-order valence-corrected chi connectivity index (χ4v) is 3.83. The molecule has 0 fully saturated rings. The minimum Gasteiger partial charge on any atom is -0.370 e. The fraction of sp³-hybridized carbons (Fsp3) is 0.423. The molecular formula is C26H38N10O5. The normalized spacial score (nSPS) is 13.5. The van der Waals surface area contributed by atoms with Crippen molar-refractivity contribution in [2.45, 2.75) is 63.7 Å². The number of imidazole rings is 1. The van der Waals surface area contributed by atoms with E-state index in [2.05, 4.69) is 36.2 Å². The van der Waals surface area contributed by atoms with Crippen molar-refractivity contribution in [3.05, 3.63) is 54.1 Å². The maximum absolute atomic E-state index is 13.6. The summed E-state index contributed by atoms with van der Waals surface area (Å²) >= 11 is 0. The lowest BCUT2D eigenvalue weighted by Gasteiger charge is -2.26. The van der Waals surface area contributed by atoms with E-state index >= 15 is 0 Å². The first-order valence-corrected chi connectivity index (χ1v) is 13.0. The van der Waals surface area contributed by atoms with Gasteiger partial charge in [0.2, 0.25) is 29.5 Å². The molecule has 0 saturated carbocycles. The van der Waals surface area contributed by atoms with Crippen LogP contribution in [0.3, 0.4) is 0 Å². The average molecular weight is 571 g/mol. The first-order chi connectivity index (χ1) is 19.5. The van der Waals surface area contributed by atoms with E-state index in [4.69, 9.17) is 17.2 Å². The van der Waals surface area contributed by atoms with Crippen LogP contribution >= 0.6 is 0 Å². The van der Waals surface area contributed by atoms with Crippen molar-refractivity contribution >= 4 is 35.5 Å². The van der Waals surface area contributed by atoms with E-state index < -0.39 is 53.7 Å². The largest absolute Gasteiger partial charge is 0.370 e. The SMILES string of the molecule is CC(=O)N[C@@H](Cc1cnc[nH]1)C(=O)N[C@@H](Cc1ccccc1)C(=O)N[C@@H](CCCN=C(N)N)C(=O)NC(C)C(N)=O. The number of nitrogens with two attached hydrogens (primary N) is 3. The molecule has 11 N–H and O–H groups in total. The van der Waals surface area contributed by atoms with E-state index in [-0.39, 0.29) is 31.8 Å². The summed E-state index contributed by atoms with van der Waals surface area (Å²) in [4.78, 5) is 73.8. The highest BCUT2D eigenvalue weighted by molar-refractivity contribution is 5.95. The lowest BCUT2D eigenvalue weighted by molar-refractivity contribution is -0.134. The van der Waals surface area contributed by atoms with Crippen molar-refractivity contribution < 1.29 is 24.0 Å². The maximum Gasteiger partial charge on any atom is 0.243 e. The molecule has 0 spiro atoms. The van der Waals surface area contributed by atoms with Crippen molar-refractivity contribution in [2.75, 3.05) is 6.54 Å². The Morgan fingerprint density at radius 1 is 0.878 bits per heavy atom. The molecular weight excluding hydrogens is 532 g/mol. The molecule has 1 unspecified atom stereocenters. The van der Waals surface area contributed by atoms with Gasteiger partial charge in [0.15, 0.2) is 5.96 Å². The second-order valence-corrected chi connectivity index (χ2v) is 9.43. The van der Waals surface area contributed by atoms with Gasteiger partial charge in [-0.25, -0.2) is 4.98 Å². The summed E-state index contributed by atoms with van der Waals surface area (Å²) < 4.78 is 0. The Morgan fingerprint density at radius 2 is 1.49 bits per heavy atom. The molecule has 0 aliphatic rings. The number of aromatic nitrogens is 2. The third-order valence-electron chi connectivity index (χ3n) is 5.95. The van der Waals surface area contributed by atoms with Gasteiger partial charge < -0.3 is 43.5 Å². The minimum atomic E-state index is -1.12. The number of guanidine groups is 1. The van der Waals surface area contributed by atoms with Crippen LogP contribution in [0, 0.1) is 0 Å². The van der Waals surface area contributed by atoms with Gasteiger partial charge in [-0.05, 0) is 25.3 Å². The molecule has 0 aliphatic carbocycles. The van der Waals surface area contributed by atoms with E-state index in [0.29, 0.717) is 12.1 Å². The fourth-order valence-electron chi connectivity index (χ4n) is 3.83. The van der Waals surface area contributed by atoms with Gasteiger partial charge in [-0.15, -0.1) is 0 Å². The lowest BCUT2D eigenvalue weighted by atomic mass is 10.0. The summed E-state index contributed by atoms with van der Waals surface area (Å²) in [6.45, 7) is 2.89. The van der Waals surface area contributed by atoms with E-state index in [0.717, 1.165) is 5.56 Å². The summed E-state index contributed by atoms with van der Waals surface area (Å²) in [5, 5.41) is 10.4. The van der Waals surface area contributed by atoms with Crippen LogP contribution in [0.15, 0.2) is 47.8 Å². The van der Waals surface area contributed by atoms with E-state index in [9.17, 15) is 24.0 Å². The van der Waals surface area contributed by atoms with Crippen LogP contribution in [0.1, 0.15) is 37.9 Å². The van der Waals surface area contributed by atoms with E-state index in [1.54, 1.807) is 24.3 Å². The number of carbonyl (C=O) groups excluding carboxylic acids is 5. The molecule has 2 rings (SSSR count). The number of hydrogen-bond donors (Lipinski definition) is 8. The number of benzene rings is 1. The zero-order valence-electron chi connectivity index (χ0n) is 23.1. The van der Waals surface area contributed by atoms with Crippen molar-refractivity contribution in [3.8, 4) is 0 Å². The number of aliphatic imine (C=N–C) groups is 1. The molecule has 222 valence electrons. The number of rotatable bonds is 16. The molecule has 15 heteroatoms. The molecule has 0 radical (unpaired) electrons. The first-order valence-electron chi connectivity index (χ1n) is 13.0. The zero-order valence-corrected chi connectivity index (χ0v) is 23.1. The quantitative estimate of drug-likeness (QED) is 0.0618. The van der Waals surface area contributed by atoms with E-state index in [1.807, 2.05) is 6.07 Å². The molecule has 1 aromatic carbocycles. The molecule has 1 aromatic heterocycles. The number of carbonyl (C=O) groups is 5.